The third-order valence-corrected chi connectivity index (χ3v) is 2.20. The molecule has 1 rings (SSSR count). The molecule has 0 bridgehead atoms. The van der Waals surface area contributed by atoms with Gasteiger partial charge in [-0.15, -0.1) is 6.58 Å². The molecule has 0 aliphatic carbocycles. The van der Waals surface area contributed by atoms with Crippen molar-refractivity contribution in [2.24, 2.45) is 0 Å². The van der Waals surface area contributed by atoms with Crippen LogP contribution in [-0.2, 0) is 4.52 Å². The van der Waals surface area contributed by atoms with Crippen molar-refractivity contribution in [3.63, 3.8) is 0 Å². The Morgan fingerprint density at radius 1 is 1.20 bits per heavy atom. The lowest BCUT2D eigenvalue weighted by atomic mass is 10.3. The zero-order chi connectivity index (χ0) is 10.8. The molecule has 80 valence electrons. The fraction of sp³-hybridized carbons (Fsp3) is 0.167. The summed E-state index contributed by atoms with van der Waals surface area (Å²) in [5.74, 6) is 0.829. The van der Waals surface area contributed by atoms with E-state index in [0.29, 0.717) is 0 Å². The van der Waals surface area contributed by atoms with Gasteiger partial charge < -0.3 is 9.05 Å². The van der Waals surface area contributed by atoms with Gasteiger partial charge in [-0.25, -0.2) is 0 Å². The molecular weight excluding hydrogens is 207 g/mol. The third-order valence-electron chi connectivity index (χ3n) is 1.65. The van der Waals surface area contributed by atoms with Crippen molar-refractivity contribution in [2.45, 2.75) is 12.8 Å². The number of rotatable bonds is 7. The number of benzene rings is 1. The van der Waals surface area contributed by atoms with E-state index in [9.17, 15) is 0 Å². The van der Waals surface area contributed by atoms with Gasteiger partial charge in [-0.1, -0.05) is 24.3 Å². The molecule has 0 heterocycles. The van der Waals surface area contributed by atoms with E-state index in [-0.39, 0.29) is 9.03 Å². The van der Waals surface area contributed by atoms with Crippen molar-refractivity contribution >= 4 is 9.03 Å². The van der Waals surface area contributed by atoms with E-state index in [1.165, 1.54) is 0 Å². The topological polar surface area (TPSA) is 18.5 Å². The van der Waals surface area contributed by atoms with Crippen molar-refractivity contribution in [3.05, 3.63) is 55.3 Å². The second kappa shape index (κ2) is 8.07. The van der Waals surface area contributed by atoms with Crippen molar-refractivity contribution in [1.82, 2.24) is 0 Å². The van der Waals surface area contributed by atoms with Gasteiger partial charge in [0.05, 0.1) is 6.26 Å². The van der Waals surface area contributed by atoms with E-state index in [1.54, 1.807) is 6.26 Å². The maximum absolute atomic E-state index is 5.35. The van der Waals surface area contributed by atoms with Gasteiger partial charge in [0.1, 0.15) is 5.75 Å². The molecule has 0 aromatic heterocycles. The Kier molecular flexibility index (Phi) is 6.35. The van der Waals surface area contributed by atoms with Gasteiger partial charge in [0.25, 0.3) is 9.03 Å². The second-order valence-corrected chi connectivity index (χ2v) is 3.46. The van der Waals surface area contributed by atoms with Crippen LogP contribution < -0.4 is 4.52 Å². The molecule has 1 aromatic rings. The zero-order valence-electron chi connectivity index (χ0n) is 8.56. The van der Waals surface area contributed by atoms with Crippen LogP contribution in [0.5, 0.6) is 5.75 Å². The summed E-state index contributed by atoms with van der Waals surface area (Å²) in [5, 5.41) is 0. The molecule has 0 amide bonds. The van der Waals surface area contributed by atoms with Gasteiger partial charge in [0.15, 0.2) is 0 Å². The minimum atomic E-state index is 0.00894. The molecule has 1 aromatic carbocycles. The highest BCUT2D eigenvalue weighted by Crippen LogP contribution is 2.20. The molecular formula is C12H15O2P. The minimum Gasteiger partial charge on any atom is -0.449 e. The largest absolute Gasteiger partial charge is 0.449 e. The fourth-order valence-corrected chi connectivity index (χ4v) is 1.35. The van der Waals surface area contributed by atoms with Crippen molar-refractivity contribution < 1.29 is 9.05 Å². The van der Waals surface area contributed by atoms with Gasteiger partial charge in [-0.05, 0) is 31.1 Å². The number of hydrogen-bond acceptors (Lipinski definition) is 2. The van der Waals surface area contributed by atoms with E-state index in [4.69, 9.17) is 9.05 Å². The van der Waals surface area contributed by atoms with Gasteiger partial charge in [-0.2, -0.15) is 0 Å². The standard InChI is InChI=1S/C12H15O2P/c1-2-3-4-8-11-13-15-14-12-9-6-5-7-10-12/h2,5-11,15H,1,3-4H2. The van der Waals surface area contributed by atoms with E-state index in [2.05, 4.69) is 6.58 Å². The Morgan fingerprint density at radius 2 is 2.00 bits per heavy atom. The highest BCUT2D eigenvalue weighted by molar-refractivity contribution is 7.26. The van der Waals surface area contributed by atoms with Crippen LogP contribution in [0.1, 0.15) is 12.8 Å². The van der Waals surface area contributed by atoms with Crippen LogP contribution in [0.4, 0.5) is 0 Å². The van der Waals surface area contributed by atoms with E-state index < -0.39 is 0 Å². The van der Waals surface area contributed by atoms with Gasteiger partial charge in [-0.3, -0.25) is 0 Å². The van der Waals surface area contributed by atoms with Crippen LogP contribution in [0.25, 0.3) is 0 Å². The van der Waals surface area contributed by atoms with E-state index >= 15 is 0 Å². The summed E-state index contributed by atoms with van der Waals surface area (Å²) in [7, 11) is 0.00894. The second-order valence-electron chi connectivity index (χ2n) is 2.85. The van der Waals surface area contributed by atoms with Gasteiger partial charge in [0, 0.05) is 0 Å². The minimum absolute atomic E-state index is 0.00894. The van der Waals surface area contributed by atoms with Gasteiger partial charge in [0.2, 0.25) is 0 Å². The molecule has 3 heteroatoms. The molecule has 15 heavy (non-hydrogen) atoms. The first-order valence-corrected chi connectivity index (χ1v) is 5.63. The molecule has 0 aliphatic heterocycles. The summed E-state index contributed by atoms with van der Waals surface area (Å²) in [6.45, 7) is 3.64. The number of hydrogen-bond donors (Lipinski definition) is 0. The first-order valence-electron chi connectivity index (χ1n) is 4.82. The summed E-state index contributed by atoms with van der Waals surface area (Å²) in [6.07, 6.45) is 7.45. The molecule has 0 fully saturated rings. The number of unbranched alkanes of at least 4 members (excludes halogenated alkanes) is 1. The van der Waals surface area contributed by atoms with Crippen LogP contribution in [0.15, 0.2) is 55.3 Å². The highest BCUT2D eigenvalue weighted by atomic mass is 31.1. The van der Waals surface area contributed by atoms with E-state index in [0.717, 1.165) is 18.6 Å². The van der Waals surface area contributed by atoms with Crippen LogP contribution in [0.3, 0.4) is 0 Å². The fourth-order valence-electron chi connectivity index (χ4n) is 0.919. The highest BCUT2D eigenvalue weighted by Gasteiger charge is 1.89. The number of allylic oxidation sites excluding steroid dienone is 2. The third kappa shape index (κ3) is 5.92. The van der Waals surface area contributed by atoms with Crippen molar-refractivity contribution in [1.29, 1.82) is 0 Å². The normalized spacial score (nSPS) is 10.9. The van der Waals surface area contributed by atoms with Crippen molar-refractivity contribution in [2.75, 3.05) is 0 Å². The van der Waals surface area contributed by atoms with Crippen LogP contribution in [0.2, 0.25) is 0 Å². The molecule has 0 radical (unpaired) electrons. The smallest absolute Gasteiger partial charge is 0.274 e. The Morgan fingerprint density at radius 3 is 2.73 bits per heavy atom. The van der Waals surface area contributed by atoms with Crippen molar-refractivity contribution in [3.8, 4) is 5.75 Å². The van der Waals surface area contributed by atoms with Crippen LogP contribution >= 0.6 is 9.03 Å². The molecule has 1 unspecified atom stereocenters. The summed E-state index contributed by atoms with van der Waals surface area (Å²) in [4.78, 5) is 0. The average molecular weight is 222 g/mol. The van der Waals surface area contributed by atoms with Crippen LogP contribution in [0, 0.1) is 0 Å². The van der Waals surface area contributed by atoms with Gasteiger partial charge >= 0.3 is 0 Å². The zero-order valence-corrected chi connectivity index (χ0v) is 9.56. The van der Waals surface area contributed by atoms with Crippen LogP contribution in [-0.4, -0.2) is 0 Å². The maximum atomic E-state index is 5.35. The lowest BCUT2D eigenvalue weighted by Crippen LogP contribution is -1.77. The Hall–Kier alpha value is -1.27. The predicted molar refractivity (Wildman–Crippen MR) is 65.0 cm³/mol. The van der Waals surface area contributed by atoms with E-state index in [1.807, 2.05) is 42.5 Å². The quantitative estimate of drug-likeness (QED) is 0.299. The summed E-state index contributed by atoms with van der Waals surface area (Å²) in [6, 6.07) is 9.61. The molecule has 0 saturated heterocycles. The lowest BCUT2D eigenvalue weighted by molar-refractivity contribution is 0.466. The summed E-state index contributed by atoms with van der Waals surface area (Å²) < 4.78 is 10.5. The molecule has 0 spiro atoms. The Balaban J connectivity index is 2.07. The molecule has 0 N–H and O–H groups in total. The first-order chi connectivity index (χ1) is 7.43. The summed E-state index contributed by atoms with van der Waals surface area (Å²) >= 11 is 0. The first kappa shape index (κ1) is 11.8. The monoisotopic (exact) mass is 222 g/mol. The Bertz CT molecular complexity index is 296. The molecule has 2 nitrogen and oxygen atoms in total. The SMILES string of the molecule is C=CCCC=COPOc1ccccc1. The lowest BCUT2D eigenvalue weighted by Gasteiger charge is -2.02. The summed E-state index contributed by atoms with van der Waals surface area (Å²) in [5.41, 5.74) is 0. The maximum Gasteiger partial charge on any atom is 0.274 e. The predicted octanol–water partition coefficient (Wildman–Crippen LogP) is 4.07. The number of para-hydroxylation sites is 1. The average Bonchev–Trinajstić information content (AvgIpc) is 2.29. The molecule has 1 atom stereocenters. The molecule has 0 aliphatic rings. The molecule has 0 saturated carbocycles. The Labute approximate surface area is 92.6 Å².